The van der Waals surface area contributed by atoms with Crippen molar-refractivity contribution in [3.05, 3.63) is 53.6 Å². The first kappa shape index (κ1) is 13.9. The second-order valence-corrected chi connectivity index (χ2v) is 7.38. The molecule has 0 amide bonds. The minimum absolute atomic E-state index is 0.386. The lowest BCUT2D eigenvalue weighted by Crippen LogP contribution is -2.31. The van der Waals surface area contributed by atoms with E-state index < -0.39 is 9.84 Å². The molecule has 0 atom stereocenters. The standard InChI is InChI=1S/C16H18N2O2S/c1-21(19,20)16-8-3-2-7-15(16)18-10-9-13-12(11-18)5-4-6-14(13)17/h2-8H,9-11,17H2,1H3. The van der Waals surface area contributed by atoms with Crippen molar-refractivity contribution in [2.45, 2.75) is 17.9 Å². The summed E-state index contributed by atoms with van der Waals surface area (Å²) in [6.07, 6.45) is 2.09. The van der Waals surface area contributed by atoms with E-state index in [1.807, 2.05) is 24.3 Å². The zero-order valence-corrected chi connectivity index (χ0v) is 12.7. The lowest BCUT2D eigenvalue weighted by atomic mass is 9.97. The van der Waals surface area contributed by atoms with Gasteiger partial charge in [0.1, 0.15) is 0 Å². The molecule has 4 nitrogen and oxygen atoms in total. The van der Waals surface area contributed by atoms with Crippen LogP contribution >= 0.6 is 0 Å². The van der Waals surface area contributed by atoms with Crippen molar-refractivity contribution in [1.29, 1.82) is 0 Å². The van der Waals surface area contributed by atoms with Crippen molar-refractivity contribution >= 4 is 21.2 Å². The molecule has 1 aliphatic rings. The fourth-order valence-corrected chi connectivity index (χ4v) is 3.78. The van der Waals surface area contributed by atoms with Crippen LogP contribution < -0.4 is 10.6 Å². The fourth-order valence-electron chi connectivity index (χ4n) is 2.88. The summed E-state index contributed by atoms with van der Waals surface area (Å²) >= 11 is 0. The molecule has 5 heteroatoms. The minimum Gasteiger partial charge on any atom is -0.398 e. The van der Waals surface area contributed by atoms with Crippen LogP contribution in [0.1, 0.15) is 11.1 Å². The Morgan fingerprint density at radius 3 is 2.62 bits per heavy atom. The summed E-state index contributed by atoms with van der Waals surface area (Å²) in [5.74, 6) is 0. The Hall–Kier alpha value is -2.01. The lowest BCUT2D eigenvalue weighted by Gasteiger charge is -2.32. The van der Waals surface area contributed by atoms with Gasteiger partial charge in [-0.05, 0) is 35.7 Å². The molecule has 21 heavy (non-hydrogen) atoms. The fraction of sp³-hybridized carbons (Fsp3) is 0.250. The van der Waals surface area contributed by atoms with Crippen LogP contribution in [0, 0.1) is 0 Å². The topological polar surface area (TPSA) is 63.4 Å². The third kappa shape index (κ3) is 2.61. The van der Waals surface area contributed by atoms with E-state index in [1.165, 1.54) is 17.4 Å². The van der Waals surface area contributed by atoms with Gasteiger partial charge in [-0.2, -0.15) is 0 Å². The van der Waals surface area contributed by atoms with Crippen molar-refractivity contribution in [1.82, 2.24) is 0 Å². The minimum atomic E-state index is -3.23. The van der Waals surface area contributed by atoms with Crippen LogP contribution in [0.2, 0.25) is 0 Å². The molecule has 2 N–H and O–H groups in total. The number of benzene rings is 2. The Morgan fingerprint density at radius 2 is 1.86 bits per heavy atom. The number of sulfone groups is 1. The lowest BCUT2D eigenvalue weighted by molar-refractivity contribution is 0.601. The number of fused-ring (bicyclic) bond motifs is 1. The van der Waals surface area contributed by atoms with Crippen LogP contribution in [-0.2, 0) is 22.8 Å². The normalized spacial score (nSPS) is 14.8. The highest BCUT2D eigenvalue weighted by atomic mass is 32.2. The Bertz CT molecular complexity index is 785. The van der Waals surface area contributed by atoms with Crippen LogP contribution in [-0.4, -0.2) is 21.2 Å². The number of anilines is 2. The molecule has 2 aromatic carbocycles. The molecule has 0 radical (unpaired) electrons. The first-order chi connectivity index (χ1) is 9.97. The van der Waals surface area contributed by atoms with E-state index in [2.05, 4.69) is 11.0 Å². The quantitative estimate of drug-likeness (QED) is 0.864. The van der Waals surface area contributed by atoms with E-state index >= 15 is 0 Å². The number of hydrogen-bond donors (Lipinski definition) is 1. The smallest absolute Gasteiger partial charge is 0.177 e. The van der Waals surface area contributed by atoms with Gasteiger partial charge in [-0.15, -0.1) is 0 Å². The second kappa shape index (κ2) is 5.07. The number of hydrogen-bond acceptors (Lipinski definition) is 4. The van der Waals surface area contributed by atoms with E-state index in [1.54, 1.807) is 12.1 Å². The van der Waals surface area contributed by atoms with Crippen molar-refractivity contribution in [3.8, 4) is 0 Å². The first-order valence-electron chi connectivity index (χ1n) is 6.87. The van der Waals surface area contributed by atoms with E-state index in [9.17, 15) is 8.42 Å². The number of nitrogens with zero attached hydrogens (tertiary/aromatic N) is 1. The molecule has 2 aromatic rings. The molecule has 0 fully saturated rings. The van der Waals surface area contributed by atoms with Gasteiger partial charge in [-0.1, -0.05) is 24.3 Å². The van der Waals surface area contributed by atoms with Gasteiger partial charge in [-0.25, -0.2) is 8.42 Å². The van der Waals surface area contributed by atoms with E-state index in [0.717, 1.165) is 24.3 Å². The van der Waals surface area contributed by atoms with Crippen molar-refractivity contribution in [2.75, 3.05) is 23.4 Å². The van der Waals surface area contributed by atoms with Gasteiger partial charge in [0.05, 0.1) is 10.6 Å². The maximum absolute atomic E-state index is 11.9. The summed E-state index contributed by atoms with van der Waals surface area (Å²) in [6, 6.07) is 13.1. The predicted octanol–water partition coefficient (Wildman–Crippen LogP) is 2.24. The summed E-state index contributed by atoms with van der Waals surface area (Å²) in [4.78, 5) is 2.50. The molecule has 0 unspecified atom stereocenters. The molecule has 0 aromatic heterocycles. The van der Waals surface area contributed by atoms with Gasteiger partial charge in [-0.3, -0.25) is 0 Å². The highest BCUT2D eigenvalue weighted by molar-refractivity contribution is 7.90. The highest BCUT2D eigenvalue weighted by Gasteiger charge is 2.22. The average Bonchev–Trinajstić information content (AvgIpc) is 2.46. The van der Waals surface area contributed by atoms with Crippen molar-refractivity contribution in [2.24, 2.45) is 0 Å². The average molecular weight is 302 g/mol. The summed E-state index contributed by atoms with van der Waals surface area (Å²) in [6.45, 7) is 1.46. The van der Waals surface area contributed by atoms with Crippen LogP contribution in [0.5, 0.6) is 0 Å². The maximum atomic E-state index is 11.9. The van der Waals surface area contributed by atoms with Crippen LogP contribution in [0.3, 0.4) is 0 Å². The van der Waals surface area contributed by atoms with E-state index in [-0.39, 0.29) is 0 Å². The molecule has 1 aliphatic heterocycles. The molecule has 0 saturated heterocycles. The zero-order chi connectivity index (χ0) is 15.0. The molecule has 1 heterocycles. The van der Waals surface area contributed by atoms with Crippen LogP contribution in [0.4, 0.5) is 11.4 Å². The van der Waals surface area contributed by atoms with Gasteiger partial charge in [0.2, 0.25) is 0 Å². The van der Waals surface area contributed by atoms with Gasteiger partial charge < -0.3 is 10.6 Å². The third-order valence-corrected chi connectivity index (χ3v) is 5.05. The Labute approximate surface area is 125 Å². The van der Waals surface area contributed by atoms with Gasteiger partial charge in [0.15, 0.2) is 9.84 Å². The number of rotatable bonds is 2. The van der Waals surface area contributed by atoms with E-state index in [4.69, 9.17) is 5.73 Å². The number of para-hydroxylation sites is 1. The Kier molecular flexibility index (Phi) is 3.37. The van der Waals surface area contributed by atoms with Crippen molar-refractivity contribution in [3.63, 3.8) is 0 Å². The summed E-state index contributed by atoms with van der Waals surface area (Å²) < 4.78 is 23.9. The van der Waals surface area contributed by atoms with E-state index in [0.29, 0.717) is 11.4 Å². The van der Waals surface area contributed by atoms with Gasteiger partial charge in [0, 0.05) is 25.0 Å². The molecule has 3 rings (SSSR count). The molecule has 0 saturated carbocycles. The second-order valence-electron chi connectivity index (χ2n) is 5.40. The monoisotopic (exact) mass is 302 g/mol. The third-order valence-electron chi connectivity index (χ3n) is 3.91. The van der Waals surface area contributed by atoms with Crippen LogP contribution in [0.25, 0.3) is 0 Å². The predicted molar refractivity (Wildman–Crippen MR) is 85.2 cm³/mol. The summed E-state index contributed by atoms with van der Waals surface area (Å²) in [5.41, 5.74) is 9.96. The van der Waals surface area contributed by atoms with Gasteiger partial charge >= 0.3 is 0 Å². The molecular weight excluding hydrogens is 284 g/mol. The SMILES string of the molecule is CS(=O)(=O)c1ccccc1N1CCc2c(N)cccc2C1. The zero-order valence-electron chi connectivity index (χ0n) is 11.9. The molecule has 110 valence electrons. The molecule has 0 aliphatic carbocycles. The molecule has 0 bridgehead atoms. The molecule has 0 spiro atoms. The van der Waals surface area contributed by atoms with Crippen LogP contribution in [0.15, 0.2) is 47.4 Å². The molecular formula is C16H18N2O2S. The largest absolute Gasteiger partial charge is 0.398 e. The maximum Gasteiger partial charge on any atom is 0.177 e. The van der Waals surface area contributed by atoms with Gasteiger partial charge in [0.25, 0.3) is 0 Å². The summed E-state index contributed by atoms with van der Waals surface area (Å²) in [7, 11) is -3.23. The number of nitrogens with two attached hydrogens (primary N) is 1. The highest BCUT2D eigenvalue weighted by Crippen LogP contribution is 2.31. The Balaban J connectivity index is 2.01. The van der Waals surface area contributed by atoms with Crippen molar-refractivity contribution < 1.29 is 8.42 Å². The summed E-state index contributed by atoms with van der Waals surface area (Å²) in [5, 5.41) is 0. The Morgan fingerprint density at radius 1 is 1.10 bits per heavy atom. The first-order valence-corrected chi connectivity index (χ1v) is 8.76. The number of nitrogen functional groups attached to an aromatic ring is 1.